The van der Waals surface area contributed by atoms with E-state index in [1.54, 1.807) is 0 Å². The van der Waals surface area contributed by atoms with Gasteiger partial charge in [-0.15, -0.1) is 0 Å². The summed E-state index contributed by atoms with van der Waals surface area (Å²) in [4.78, 5) is 10.5. The Kier molecular flexibility index (Phi) is 4.53. The minimum absolute atomic E-state index is 0.0140. The number of nitrogens with one attached hydrogen (secondary N) is 1. The fourth-order valence-corrected chi connectivity index (χ4v) is 3.16. The van der Waals surface area contributed by atoms with Crippen molar-refractivity contribution in [1.29, 1.82) is 0 Å². The molecule has 1 fully saturated rings. The highest BCUT2D eigenvalue weighted by Gasteiger charge is 2.51. The molecule has 21 heavy (non-hydrogen) atoms. The molecule has 2 rings (SSSR count). The van der Waals surface area contributed by atoms with Gasteiger partial charge in [-0.3, -0.25) is 10.1 Å². The number of hydrogen-bond donors (Lipinski definition) is 1. The van der Waals surface area contributed by atoms with Crippen LogP contribution in [0.25, 0.3) is 0 Å². The Hall–Kier alpha value is -1.21. The zero-order valence-electron chi connectivity index (χ0n) is 12.2. The van der Waals surface area contributed by atoms with Gasteiger partial charge in [0.15, 0.2) is 5.75 Å². The Morgan fingerprint density at radius 1 is 1.62 bits per heavy atom. The second-order valence-corrected chi connectivity index (χ2v) is 6.39. The number of nitro benzene ring substituents is 1. The number of nitro groups is 1. The van der Waals surface area contributed by atoms with Gasteiger partial charge in [0.25, 0.3) is 0 Å². The van der Waals surface area contributed by atoms with E-state index in [0.717, 1.165) is 25.0 Å². The first kappa shape index (κ1) is 16.2. The fraction of sp³-hybridized carbons (Fsp3) is 0.571. The quantitative estimate of drug-likeness (QED) is 0.642. The van der Waals surface area contributed by atoms with E-state index in [0.29, 0.717) is 6.04 Å². The molecule has 1 aromatic carbocycles. The van der Waals surface area contributed by atoms with Gasteiger partial charge in [0.05, 0.1) is 9.40 Å². The molecule has 1 N–H and O–H groups in total. The number of halogens is 2. The van der Waals surface area contributed by atoms with Crippen LogP contribution >= 0.6 is 15.9 Å². The molecule has 1 aromatic rings. The Morgan fingerprint density at radius 3 is 2.81 bits per heavy atom. The monoisotopic (exact) mass is 360 g/mol. The summed E-state index contributed by atoms with van der Waals surface area (Å²) in [6.07, 6.45) is 1.45. The lowest BCUT2D eigenvalue weighted by Gasteiger charge is -2.53. The van der Waals surface area contributed by atoms with Crippen molar-refractivity contribution in [2.75, 3.05) is 7.05 Å². The zero-order chi connectivity index (χ0) is 15.8. The van der Waals surface area contributed by atoms with Crippen molar-refractivity contribution >= 4 is 21.6 Å². The average molecular weight is 361 g/mol. The number of rotatable bonds is 5. The van der Waals surface area contributed by atoms with E-state index >= 15 is 0 Å². The summed E-state index contributed by atoms with van der Waals surface area (Å²) < 4.78 is 19.5. The second kappa shape index (κ2) is 5.88. The molecule has 3 atom stereocenters. The Balaban J connectivity index is 2.28. The molecular formula is C14H18BrFN2O3. The van der Waals surface area contributed by atoms with Crippen molar-refractivity contribution in [2.24, 2.45) is 5.41 Å². The molecule has 0 aromatic heterocycles. The summed E-state index contributed by atoms with van der Waals surface area (Å²) in [7, 11) is 1.89. The first-order valence-electron chi connectivity index (χ1n) is 6.80. The Bertz CT molecular complexity index is 569. The lowest BCUT2D eigenvalue weighted by molar-refractivity contribution is -0.386. The van der Waals surface area contributed by atoms with Gasteiger partial charge in [-0.25, -0.2) is 4.39 Å². The van der Waals surface area contributed by atoms with Crippen LogP contribution in [0.2, 0.25) is 0 Å². The van der Waals surface area contributed by atoms with Crippen molar-refractivity contribution in [3.63, 3.8) is 0 Å². The van der Waals surface area contributed by atoms with Gasteiger partial charge in [-0.1, -0.05) is 13.8 Å². The van der Waals surface area contributed by atoms with E-state index in [1.165, 1.54) is 0 Å². The molecule has 0 heterocycles. The molecular weight excluding hydrogens is 343 g/mol. The largest absolute Gasteiger partial charge is 0.483 e. The van der Waals surface area contributed by atoms with Crippen molar-refractivity contribution < 1.29 is 14.1 Å². The highest BCUT2D eigenvalue weighted by molar-refractivity contribution is 9.10. The molecule has 0 saturated heterocycles. The number of ether oxygens (including phenoxy) is 1. The maximum Gasteiger partial charge on any atom is 0.312 e. The highest BCUT2D eigenvalue weighted by atomic mass is 79.9. The van der Waals surface area contributed by atoms with Gasteiger partial charge in [0.1, 0.15) is 11.9 Å². The molecule has 116 valence electrons. The molecule has 0 aliphatic heterocycles. The molecule has 1 aliphatic rings. The molecule has 1 aliphatic carbocycles. The summed E-state index contributed by atoms with van der Waals surface area (Å²) in [6, 6.07) is 2.51. The lowest BCUT2D eigenvalue weighted by atomic mass is 9.61. The van der Waals surface area contributed by atoms with E-state index in [9.17, 15) is 14.5 Å². The van der Waals surface area contributed by atoms with Crippen LogP contribution in [-0.2, 0) is 0 Å². The van der Waals surface area contributed by atoms with Crippen molar-refractivity contribution in [2.45, 2.75) is 38.8 Å². The van der Waals surface area contributed by atoms with Gasteiger partial charge in [0, 0.05) is 30.0 Å². The van der Waals surface area contributed by atoms with E-state index in [1.807, 2.05) is 7.05 Å². The standard InChI is InChI=1S/C14H18BrFN2O3/c1-4-14(2)12(17-3)7-13(14)21-11-6-9(16)8(15)5-10(11)18(19)20/h5-6,12-13,17H,4,7H2,1-3H3. The van der Waals surface area contributed by atoms with Crippen LogP contribution in [0, 0.1) is 21.3 Å². The van der Waals surface area contributed by atoms with Gasteiger partial charge < -0.3 is 10.1 Å². The maximum absolute atomic E-state index is 13.7. The van der Waals surface area contributed by atoms with Crippen LogP contribution in [0.3, 0.4) is 0 Å². The van der Waals surface area contributed by atoms with E-state index < -0.39 is 10.7 Å². The first-order chi connectivity index (χ1) is 9.83. The van der Waals surface area contributed by atoms with Crippen molar-refractivity contribution in [3.8, 4) is 5.75 Å². The Morgan fingerprint density at radius 2 is 2.29 bits per heavy atom. The summed E-state index contributed by atoms with van der Waals surface area (Å²) >= 11 is 2.96. The van der Waals surface area contributed by atoms with E-state index in [2.05, 4.69) is 35.1 Å². The minimum Gasteiger partial charge on any atom is -0.483 e. The molecule has 0 radical (unpaired) electrons. The average Bonchev–Trinajstić information content (AvgIpc) is 2.44. The molecule has 1 saturated carbocycles. The topological polar surface area (TPSA) is 64.4 Å². The van der Waals surface area contributed by atoms with Gasteiger partial charge in [0.2, 0.25) is 0 Å². The second-order valence-electron chi connectivity index (χ2n) is 5.53. The molecule has 0 amide bonds. The summed E-state index contributed by atoms with van der Waals surface area (Å²) in [5.41, 5.74) is -0.346. The third-order valence-electron chi connectivity index (χ3n) is 4.56. The number of benzene rings is 1. The molecule has 0 spiro atoms. The molecule has 0 bridgehead atoms. The fourth-order valence-electron chi connectivity index (χ4n) is 2.83. The Labute approximate surface area is 131 Å². The normalized spacial score (nSPS) is 28.0. The molecule has 5 nitrogen and oxygen atoms in total. The van der Waals surface area contributed by atoms with Crippen LogP contribution in [0.1, 0.15) is 26.7 Å². The van der Waals surface area contributed by atoms with Crippen LogP contribution in [0.15, 0.2) is 16.6 Å². The SMILES string of the molecule is CCC1(C)C(NC)CC1Oc1cc(F)c(Br)cc1[N+](=O)[O-]. The third kappa shape index (κ3) is 2.76. The maximum atomic E-state index is 13.7. The van der Waals surface area contributed by atoms with E-state index in [4.69, 9.17) is 4.74 Å². The van der Waals surface area contributed by atoms with Crippen LogP contribution in [0.5, 0.6) is 5.75 Å². The summed E-state index contributed by atoms with van der Waals surface area (Å²) in [6.45, 7) is 4.12. The van der Waals surface area contributed by atoms with Gasteiger partial charge >= 0.3 is 5.69 Å². The van der Waals surface area contributed by atoms with Gasteiger partial charge in [-0.05, 0) is 29.4 Å². The van der Waals surface area contributed by atoms with E-state index in [-0.39, 0.29) is 27.4 Å². The van der Waals surface area contributed by atoms with Crippen LogP contribution in [-0.4, -0.2) is 24.1 Å². The highest BCUT2D eigenvalue weighted by Crippen LogP contribution is 2.47. The predicted octanol–water partition coefficient (Wildman–Crippen LogP) is 3.65. The summed E-state index contributed by atoms with van der Waals surface area (Å²) in [5.74, 6) is -0.585. The minimum atomic E-state index is -0.571. The lowest BCUT2D eigenvalue weighted by Crippen LogP contribution is -2.62. The third-order valence-corrected chi connectivity index (χ3v) is 5.17. The number of nitrogens with zero attached hydrogens (tertiary/aromatic N) is 1. The van der Waals surface area contributed by atoms with Crippen LogP contribution < -0.4 is 10.1 Å². The predicted molar refractivity (Wildman–Crippen MR) is 81.0 cm³/mol. The number of hydrogen-bond acceptors (Lipinski definition) is 4. The van der Waals surface area contributed by atoms with Crippen molar-refractivity contribution in [1.82, 2.24) is 5.32 Å². The van der Waals surface area contributed by atoms with Crippen molar-refractivity contribution in [3.05, 3.63) is 32.5 Å². The molecule has 7 heteroatoms. The smallest absolute Gasteiger partial charge is 0.312 e. The first-order valence-corrected chi connectivity index (χ1v) is 7.60. The molecule has 3 unspecified atom stereocenters. The van der Waals surface area contributed by atoms with Crippen LogP contribution in [0.4, 0.5) is 10.1 Å². The van der Waals surface area contributed by atoms with Gasteiger partial charge in [-0.2, -0.15) is 0 Å². The zero-order valence-corrected chi connectivity index (χ0v) is 13.7. The summed E-state index contributed by atoms with van der Waals surface area (Å²) in [5, 5.41) is 14.3.